The lowest BCUT2D eigenvalue weighted by Gasteiger charge is -2.17. The molecule has 0 unspecified atom stereocenters. The lowest BCUT2D eigenvalue weighted by Crippen LogP contribution is -2.38. The highest BCUT2D eigenvalue weighted by Crippen LogP contribution is 2.39. The molecule has 0 bridgehead atoms. The fourth-order valence-electron chi connectivity index (χ4n) is 4.31. The summed E-state index contributed by atoms with van der Waals surface area (Å²) in [6, 6.07) is 2.22. The third kappa shape index (κ3) is 3.36. The molecule has 2 heterocycles. The number of carbonyl (C=O) groups excluding carboxylic acids is 3. The van der Waals surface area contributed by atoms with Crippen LogP contribution < -0.4 is 5.32 Å². The van der Waals surface area contributed by atoms with Gasteiger partial charge in [-0.3, -0.25) is 19.3 Å². The maximum absolute atomic E-state index is 12.6. The Hall–Kier alpha value is -2.17. The zero-order chi connectivity index (χ0) is 19.8. The number of rotatable bonds is 3. The Labute approximate surface area is 172 Å². The number of nitrogens with zero attached hydrogens (tertiary/aromatic N) is 2. The van der Waals surface area contributed by atoms with Crippen molar-refractivity contribution in [2.45, 2.75) is 44.9 Å². The van der Waals surface area contributed by atoms with Crippen LogP contribution in [0.5, 0.6) is 0 Å². The van der Waals surface area contributed by atoms with Gasteiger partial charge in [0.15, 0.2) is 0 Å². The summed E-state index contributed by atoms with van der Waals surface area (Å²) in [7, 11) is 0. The van der Waals surface area contributed by atoms with Crippen LogP contribution in [0.3, 0.4) is 0 Å². The summed E-state index contributed by atoms with van der Waals surface area (Å²) in [4.78, 5) is 39.9. The monoisotopic (exact) mass is 417 g/mol. The van der Waals surface area contributed by atoms with Gasteiger partial charge in [-0.15, -0.1) is 11.3 Å². The van der Waals surface area contributed by atoms with E-state index in [9.17, 15) is 19.6 Å². The lowest BCUT2D eigenvalue weighted by molar-refractivity contribution is -0.142. The quantitative estimate of drug-likeness (QED) is 0.603. The fourth-order valence-corrected chi connectivity index (χ4v) is 5.82. The molecule has 1 aromatic rings. The largest absolute Gasteiger partial charge is 0.315 e. The molecule has 3 aliphatic rings. The van der Waals surface area contributed by atoms with E-state index in [1.54, 1.807) is 6.08 Å². The first-order chi connectivity index (χ1) is 13.5. The molecule has 2 atom stereocenters. The normalized spacial score (nSPS) is 24.1. The van der Waals surface area contributed by atoms with Gasteiger partial charge in [-0.05, 0) is 44.1 Å². The van der Waals surface area contributed by atoms with Crippen LogP contribution in [0.4, 0.5) is 5.00 Å². The highest BCUT2D eigenvalue weighted by molar-refractivity contribution is 7.16. The first-order valence-electron chi connectivity index (χ1n) is 9.53. The Morgan fingerprint density at radius 2 is 2.00 bits per heavy atom. The van der Waals surface area contributed by atoms with Crippen LogP contribution in [0.15, 0.2) is 11.1 Å². The molecule has 0 saturated carbocycles. The number of likely N-dealkylation sites (tertiary alicyclic amines) is 1. The highest BCUT2D eigenvalue weighted by Gasteiger charge is 2.48. The molecule has 2 aliphatic carbocycles. The van der Waals surface area contributed by atoms with Crippen LogP contribution in [-0.2, 0) is 27.2 Å². The molecule has 1 aliphatic heterocycles. The Balaban J connectivity index is 1.48. The summed E-state index contributed by atoms with van der Waals surface area (Å²) in [6.07, 6.45) is 7.61. The van der Waals surface area contributed by atoms with E-state index >= 15 is 0 Å². The van der Waals surface area contributed by atoms with Gasteiger partial charge in [-0.2, -0.15) is 5.26 Å². The van der Waals surface area contributed by atoms with Gasteiger partial charge in [0.2, 0.25) is 17.7 Å². The molecule has 0 aromatic carbocycles. The van der Waals surface area contributed by atoms with Gasteiger partial charge in [-0.1, -0.05) is 24.1 Å². The average molecular weight is 418 g/mol. The molecule has 6 nitrogen and oxygen atoms in total. The van der Waals surface area contributed by atoms with E-state index in [2.05, 4.69) is 11.4 Å². The summed E-state index contributed by atoms with van der Waals surface area (Å²) in [6.45, 7) is -0.324. The molecule has 28 heavy (non-hydrogen) atoms. The second kappa shape index (κ2) is 7.69. The number of aryl methyl sites for hydroxylation is 1. The van der Waals surface area contributed by atoms with Crippen molar-refractivity contribution in [1.29, 1.82) is 5.26 Å². The summed E-state index contributed by atoms with van der Waals surface area (Å²) in [5.74, 6) is -1.99. The summed E-state index contributed by atoms with van der Waals surface area (Å²) in [5, 5.41) is 13.5. The van der Waals surface area contributed by atoms with Gasteiger partial charge >= 0.3 is 0 Å². The van der Waals surface area contributed by atoms with E-state index in [4.69, 9.17) is 11.6 Å². The first kappa shape index (κ1) is 19.2. The number of fused-ring (bicyclic) bond motifs is 2. The Morgan fingerprint density at radius 1 is 1.25 bits per heavy atom. The fraction of sp³-hybridized carbons (Fsp3) is 0.500. The standard InChI is InChI=1S/C20H20ClN3O3S/c21-11-6-7-13-14(8-11)20(27)24(19(13)26)10-17(25)23-18-15(9-22)12-4-2-1-3-5-16(12)28-18/h6,13-14H,1-5,7-8,10H2,(H,23,25)/t13-,14+/m0/s1. The molecular weight excluding hydrogens is 398 g/mol. The maximum atomic E-state index is 12.6. The zero-order valence-corrected chi connectivity index (χ0v) is 16.9. The van der Waals surface area contributed by atoms with Crippen molar-refractivity contribution in [3.8, 4) is 6.07 Å². The minimum atomic E-state index is -0.467. The second-order valence-corrected chi connectivity index (χ2v) is 9.09. The molecule has 3 amide bonds. The van der Waals surface area contributed by atoms with Gasteiger partial charge in [-0.25, -0.2) is 0 Å². The number of hydrogen-bond acceptors (Lipinski definition) is 5. The number of amides is 3. The van der Waals surface area contributed by atoms with Gasteiger partial charge in [0.25, 0.3) is 0 Å². The van der Waals surface area contributed by atoms with Crippen LogP contribution in [0, 0.1) is 23.2 Å². The second-order valence-electron chi connectivity index (χ2n) is 7.49. The molecule has 8 heteroatoms. The van der Waals surface area contributed by atoms with E-state index in [1.807, 2.05) is 0 Å². The van der Waals surface area contributed by atoms with E-state index in [-0.39, 0.29) is 18.4 Å². The minimum Gasteiger partial charge on any atom is -0.315 e. The van der Waals surface area contributed by atoms with Crippen molar-refractivity contribution in [3.63, 3.8) is 0 Å². The highest BCUT2D eigenvalue weighted by atomic mass is 35.5. The van der Waals surface area contributed by atoms with Gasteiger partial charge in [0.05, 0.1) is 17.4 Å². The van der Waals surface area contributed by atoms with Crippen molar-refractivity contribution in [2.24, 2.45) is 11.8 Å². The minimum absolute atomic E-state index is 0.312. The molecule has 4 rings (SSSR count). The topological polar surface area (TPSA) is 90.3 Å². The van der Waals surface area contributed by atoms with E-state index in [0.717, 1.165) is 47.4 Å². The van der Waals surface area contributed by atoms with Crippen molar-refractivity contribution >= 4 is 45.7 Å². The number of thiophene rings is 1. The molecule has 0 spiro atoms. The first-order valence-corrected chi connectivity index (χ1v) is 10.7. The Morgan fingerprint density at radius 3 is 2.79 bits per heavy atom. The zero-order valence-electron chi connectivity index (χ0n) is 15.3. The lowest BCUT2D eigenvalue weighted by atomic mass is 9.85. The number of halogens is 1. The van der Waals surface area contributed by atoms with E-state index in [0.29, 0.717) is 28.4 Å². The SMILES string of the molecule is N#Cc1c(NC(=O)CN2C(=O)[C@H]3CC=C(Cl)C[C@H]3C2=O)sc2c1CCCCC2. The number of nitrogens with one attached hydrogen (secondary N) is 1. The molecule has 1 N–H and O–H groups in total. The van der Waals surface area contributed by atoms with Gasteiger partial charge < -0.3 is 5.32 Å². The number of anilines is 1. The Bertz CT molecular complexity index is 930. The molecule has 0 radical (unpaired) electrons. The van der Waals surface area contributed by atoms with Gasteiger partial charge in [0, 0.05) is 9.91 Å². The van der Waals surface area contributed by atoms with Crippen LogP contribution in [0.25, 0.3) is 0 Å². The number of imide groups is 1. The number of carbonyl (C=O) groups is 3. The number of hydrogen-bond donors (Lipinski definition) is 1. The molecule has 1 fully saturated rings. The van der Waals surface area contributed by atoms with Crippen molar-refractivity contribution in [2.75, 3.05) is 11.9 Å². The average Bonchev–Trinajstić information content (AvgIpc) is 2.98. The number of allylic oxidation sites excluding steroid dienone is 2. The maximum Gasteiger partial charge on any atom is 0.245 e. The third-order valence-electron chi connectivity index (χ3n) is 5.75. The van der Waals surface area contributed by atoms with Crippen molar-refractivity contribution < 1.29 is 14.4 Å². The molecular formula is C20H20ClN3O3S. The predicted octanol–water partition coefficient (Wildman–Crippen LogP) is 3.34. The number of nitriles is 1. The van der Waals surface area contributed by atoms with Crippen LogP contribution in [-0.4, -0.2) is 29.2 Å². The van der Waals surface area contributed by atoms with E-state index < -0.39 is 17.7 Å². The van der Waals surface area contributed by atoms with Crippen LogP contribution >= 0.6 is 22.9 Å². The Kier molecular flexibility index (Phi) is 5.26. The summed E-state index contributed by atoms with van der Waals surface area (Å²) >= 11 is 7.46. The van der Waals surface area contributed by atoms with Gasteiger partial charge in [0.1, 0.15) is 17.6 Å². The summed E-state index contributed by atoms with van der Waals surface area (Å²) in [5.41, 5.74) is 1.57. The summed E-state index contributed by atoms with van der Waals surface area (Å²) < 4.78 is 0. The van der Waals surface area contributed by atoms with E-state index in [1.165, 1.54) is 11.3 Å². The van der Waals surface area contributed by atoms with Crippen molar-refractivity contribution in [1.82, 2.24) is 4.90 Å². The van der Waals surface area contributed by atoms with Crippen LogP contribution in [0.1, 0.15) is 48.1 Å². The predicted molar refractivity (Wildman–Crippen MR) is 106 cm³/mol. The smallest absolute Gasteiger partial charge is 0.245 e. The molecule has 146 valence electrons. The molecule has 1 saturated heterocycles. The molecule has 1 aromatic heterocycles. The third-order valence-corrected chi connectivity index (χ3v) is 7.26. The van der Waals surface area contributed by atoms with Crippen molar-refractivity contribution in [3.05, 3.63) is 27.1 Å². The van der Waals surface area contributed by atoms with Crippen LogP contribution in [0.2, 0.25) is 0 Å².